The lowest BCUT2D eigenvalue weighted by atomic mass is 10.0. The van der Waals surface area contributed by atoms with Gasteiger partial charge in [-0.05, 0) is 18.9 Å². The molecule has 0 aromatic rings. The van der Waals surface area contributed by atoms with Crippen LogP contribution in [0.15, 0.2) is 0 Å². The quantitative estimate of drug-likeness (QED) is 0.162. The SMILES string of the molecule is CC(C)CCCCCCCCCCCCCCC(=O)C1COCC[N+]1([O-])CCCN. The lowest BCUT2D eigenvalue weighted by Gasteiger charge is -2.50. The standard InChI is InChI=1S/C25H50N2O3/c1-23(2)16-13-11-9-7-5-3-4-6-8-10-12-14-17-25(28)24-22-30-21-20-27(24,29)19-15-18-26/h23-24H,3-22,26H2,1-2H3. The zero-order chi connectivity index (χ0) is 22.1. The van der Waals surface area contributed by atoms with Gasteiger partial charge in [-0.2, -0.15) is 0 Å². The van der Waals surface area contributed by atoms with Crippen molar-refractivity contribution in [2.45, 2.75) is 116 Å². The van der Waals surface area contributed by atoms with Crippen molar-refractivity contribution in [1.82, 2.24) is 0 Å². The lowest BCUT2D eigenvalue weighted by molar-refractivity contribution is -0.904. The Morgan fingerprint density at radius 1 is 0.933 bits per heavy atom. The maximum Gasteiger partial charge on any atom is 0.192 e. The number of carbonyl (C=O) groups is 1. The summed E-state index contributed by atoms with van der Waals surface area (Å²) in [4.78, 5) is 12.6. The van der Waals surface area contributed by atoms with Crippen molar-refractivity contribution >= 4 is 5.78 Å². The molecule has 1 saturated heterocycles. The van der Waals surface area contributed by atoms with Gasteiger partial charge in [0.2, 0.25) is 0 Å². The molecule has 1 rings (SSSR count). The summed E-state index contributed by atoms with van der Waals surface area (Å²) in [6.07, 6.45) is 18.1. The van der Waals surface area contributed by atoms with Gasteiger partial charge in [-0.15, -0.1) is 0 Å². The minimum Gasteiger partial charge on any atom is -0.632 e. The molecule has 5 nitrogen and oxygen atoms in total. The Labute approximate surface area is 186 Å². The van der Waals surface area contributed by atoms with Crippen molar-refractivity contribution in [1.29, 1.82) is 0 Å². The molecule has 0 aliphatic carbocycles. The van der Waals surface area contributed by atoms with E-state index >= 15 is 0 Å². The summed E-state index contributed by atoms with van der Waals surface area (Å²) < 4.78 is 5.02. The second kappa shape index (κ2) is 17.1. The predicted octanol–water partition coefficient (Wildman–Crippen LogP) is 5.74. The first kappa shape index (κ1) is 27.5. The van der Waals surface area contributed by atoms with Gasteiger partial charge in [0.15, 0.2) is 11.8 Å². The zero-order valence-electron chi connectivity index (χ0n) is 20.0. The van der Waals surface area contributed by atoms with Gasteiger partial charge in [0.1, 0.15) is 13.2 Å². The number of morpholine rings is 1. The van der Waals surface area contributed by atoms with Crippen LogP contribution in [0.25, 0.3) is 0 Å². The van der Waals surface area contributed by atoms with E-state index in [1.54, 1.807) is 0 Å². The molecular weight excluding hydrogens is 376 g/mol. The van der Waals surface area contributed by atoms with E-state index in [1.807, 2.05) is 0 Å². The number of hydrogen-bond donors (Lipinski definition) is 1. The predicted molar refractivity (Wildman–Crippen MR) is 126 cm³/mol. The molecule has 1 aliphatic rings. The van der Waals surface area contributed by atoms with E-state index < -0.39 is 10.7 Å². The van der Waals surface area contributed by atoms with E-state index in [1.165, 1.54) is 70.6 Å². The third-order valence-electron chi connectivity index (χ3n) is 6.52. The maximum absolute atomic E-state index is 13.0. The highest BCUT2D eigenvalue weighted by Crippen LogP contribution is 2.21. The number of quaternary nitrogens is 1. The monoisotopic (exact) mass is 426 g/mol. The van der Waals surface area contributed by atoms with Crippen molar-refractivity contribution in [3.8, 4) is 0 Å². The molecule has 30 heavy (non-hydrogen) atoms. The van der Waals surface area contributed by atoms with Crippen LogP contribution >= 0.6 is 0 Å². The van der Waals surface area contributed by atoms with Crippen molar-refractivity contribution < 1.29 is 14.2 Å². The Morgan fingerprint density at radius 3 is 2.00 bits per heavy atom. The van der Waals surface area contributed by atoms with Crippen molar-refractivity contribution in [3.63, 3.8) is 0 Å². The van der Waals surface area contributed by atoms with Crippen LogP contribution < -0.4 is 5.73 Å². The average Bonchev–Trinajstić information content (AvgIpc) is 2.72. The number of ether oxygens (including phenoxy) is 1. The van der Waals surface area contributed by atoms with Gasteiger partial charge in [-0.1, -0.05) is 90.9 Å². The first-order valence-corrected chi connectivity index (χ1v) is 12.9. The molecular formula is C25H50N2O3. The number of carbonyl (C=O) groups excluding carboxylic acids is 1. The number of unbranched alkanes of at least 4 members (excludes halogenated alkanes) is 11. The molecule has 1 heterocycles. The number of hydrogen-bond acceptors (Lipinski definition) is 4. The second-order valence-electron chi connectivity index (χ2n) is 9.77. The topological polar surface area (TPSA) is 75.4 Å². The average molecular weight is 427 g/mol. The van der Waals surface area contributed by atoms with Gasteiger partial charge in [0, 0.05) is 12.8 Å². The number of nitrogens with two attached hydrogens (primary N) is 1. The Hall–Kier alpha value is -0.490. The highest BCUT2D eigenvalue weighted by molar-refractivity contribution is 5.83. The van der Waals surface area contributed by atoms with E-state index in [-0.39, 0.29) is 12.4 Å². The van der Waals surface area contributed by atoms with Gasteiger partial charge in [-0.25, -0.2) is 0 Å². The summed E-state index contributed by atoms with van der Waals surface area (Å²) in [5, 5.41) is 13.0. The fourth-order valence-electron chi connectivity index (χ4n) is 4.47. The molecule has 0 saturated carbocycles. The Balaban J connectivity index is 1.97. The summed E-state index contributed by atoms with van der Waals surface area (Å²) in [6.45, 7) is 6.68. The van der Waals surface area contributed by atoms with E-state index in [4.69, 9.17) is 10.5 Å². The summed E-state index contributed by atoms with van der Waals surface area (Å²) in [7, 11) is 0. The van der Waals surface area contributed by atoms with E-state index in [2.05, 4.69) is 13.8 Å². The number of ketones is 1. The van der Waals surface area contributed by atoms with Crippen LogP contribution in [0.4, 0.5) is 0 Å². The summed E-state index contributed by atoms with van der Waals surface area (Å²) in [5.74, 6) is 0.945. The van der Waals surface area contributed by atoms with E-state index in [0.29, 0.717) is 39.1 Å². The fraction of sp³-hybridized carbons (Fsp3) is 0.960. The van der Waals surface area contributed by atoms with Gasteiger partial charge >= 0.3 is 0 Å². The molecule has 0 aromatic heterocycles. The molecule has 2 N–H and O–H groups in total. The Morgan fingerprint density at radius 2 is 1.47 bits per heavy atom. The number of nitrogens with zero attached hydrogens (tertiary/aromatic N) is 1. The molecule has 2 unspecified atom stereocenters. The number of hydroxylamine groups is 3. The minimum absolute atomic E-state index is 0.0927. The third-order valence-corrected chi connectivity index (χ3v) is 6.52. The largest absolute Gasteiger partial charge is 0.632 e. The van der Waals surface area contributed by atoms with Crippen LogP contribution in [-0.4, -0.2) is 49.3 Å². The highest BCUT2D eigenvalue weighted by Gasteiger charge is 2.37. The molecule has 1 fully saturated rings. The van der Waals surface area contributed by atoms with Gasteiger partial charge in [-0.3, -0.25) is 4.79 Å². The normalized spacial score (nSPS) is 22.0. The lowest BCUT2D eigenvalue weighted by Crippen LogP contribution is -2.61. The molecule has 5 heteroatoms. The second-order valence-corrected chi connectivity index (χ2v) is 9.77. The Kier molecular flexibility index (Phi) is 15.7. The van der Waals surface area contributed by atoms with E-state index in [9.17, 15) is 10.0 Å². The van der Waals surface area contributed by atoms with Crippen molar-refractivity contribution in [2.24, 2.45) is 11.7 Å². The van der Waals surface area contributed by atoms with Gasteiger partial charge < -0.3 is 20.3 Å². The van der Waals surface area contributed by atoms with Crippen LogP contribution in [0.3, 0.4) is 0 Å². The molecule has 0 bridgehead atoms. The zero-order valence-corrected chi connectivity index (χ0v) is 20.0. The Bertz CT molecular complexity index is 431. The van der Waals surface area contributed by atoms with Crippen LogP contribution in [0, 0.1) is 11.1 Å². The van der Waals surface area contributed by atoms with Crippen LogP contribution in [0.2, 0.25) is 0 Å². The van der Waals surface area contributed by atoms with Gasteiger partial charge in [0.05, 0.1) is 13.2 Å². The van der Waals surface area contributed by atoms with Crippen molar-refractivity contribution in [3.05, 3.63) is 5.21 Å². The van der Waals surface area contributed by atoms with Crippen LogP contribution in [-0.2, 0) is 9.53 Å². The number of rotatable bonds is 19. The highest BCUT2D eigenvalue weighted by atomic mass is 16.6. The molecule has 0 radical (unpaired) electrons. The molecule has 0 amide bonds. The first-order chi connectivity index (χ1) is 14.5. The minimum atomic E-state index is -0.532. The molecule has 0 spiro atoms. The van der Waals surface area contributed by atoms with Crippen LogP contribution in [0.5, 0.6) is 0 Å². The molecule has 0 aromatic carbocycles. The fourth-order valence-corrected chi connectivity index (χ4v) is 4.47. The number of Topliss-reactive ketones (excluding diaryl/α,β-unsaturated/α-hetero) is 1. The maximum atomic E-state index is 13.0. The first-order valence-electron chi connectivity index (χ1n) is 12.9. The van der Waals surface area contributed by atoms with Crippen LogP contribution in [0.1, 0.15) is 110 Å². The third kappa shape index (κ3) is 12.4. The molecule has 1 aliphatic heterocycles. The summed E-state index contributed by atoms with van der Waals surface area (Å²) in [5.41, 5.74) is 5.56. The molecule has 2 atom stereocenters. The summed E-state index contributed by atoms with van der Waals surface area (Å²) in [6, 6.07) is -0.532. The molecule has 178 valence electrons. The van der Waals surface area contributed by atoms with Gasteiger partial charge in [0.25, 0.3) is 0 Å². The summed E-state index contributed by atoms with van der Waals surface area (Å²) >= 11 is 0. The van der Waals surface area contributed by atoms with Crippen molar-refractivity contribution in [2.75, 3.05) is 32.8 Å². The smallest absolute Gasteiger partial charge is 0.192 e. The van der Waals surface area contributed by atoms with E-state index in [0.717, 1.165) is 18.8 Å².